The number of halogens is 5. The number of fused-ring (bicyclic) bond motifs is 4. The molecule has 0 aliphatic carbocycles. The molecule has 0 fully saturated rings. The third-order valence-electron chi connectivity index (χ3n) is 14.2. The van der Waals surface area contributed by atoms with E-state index in [0.29, 0.717) is 47.4 Å². The molecular weight excluding hydrogens is 1450 g/mol. The monoisotopic (exact) mass is 1510 g/mol. The summed E-state index contributed by atoms with van der Waals surface area (Å²) in [6, 6.07) is 47.3. The summed E-state index contributed by atoms with van der Waals surface area (Å²) in [6.07, 6.45) is 10.2. The second kappa shape index (κ2) is 31.3. The maximum absolute atomic E-state index is 12.5. The van der Waals surface area contributed by atoms with Crippen LogP contribution in [0.4, 0.5) is 0 Å². The number of aromatic nitrogens is 4. The molecule has 0 radical (unpaired) electrons. The van der Waals surface area contributed by atoms with Crippen molar-refractivity contribution < 1.29 is 34.8 Å². The lowest BCUT2D eigenvalue weighted by Crippen LogP contribution is -2.39. The quantitative estimate of drug-likeness (QED) is 0.0366. The van der Waals surface area contributed by atoms with Gasteiger partial charge in [-0.05, 0) is 187 Å². The third-order valence-corrected chi connectivity index (χ3v) is 17.3. The van der Waals surface area contributed by atoms with Gasteiger partial charge in [0.25, 0.3) is 11.8 Å². The minimum absolute atomic E-state index is 0.0273. The minimum Gasteiger partial charge on any atom is -0.396 e. The summed E-state index contributed by atoms with van der Waals surface area (Å²) in [4.78, 5) is 49.5. The molecule has 85 heavy (non-hydrogen) atoms. The molecule has 20 heteroatoms. The van der Waals surface area contributed by atoms with Gasteiger partial charge in [0.15, 0.2) is 0 Å². The van der Waals surface area contributed by atoms with Crippen LogP contribution in [-0.4, -0.2) is 103 Å². The fourth-order valence-electron chi connectivity index (χ4n) is 9.96. The van der Waals surface area contributed by atoms with Crippen molar-refractivity contribution >= 4 is 150 Å². The fourth-order valence-corrected chi connectivity index (χ4v) is 12.4. The number of rotatable bonds is 18. The number of nitrogens with one attached hydrogen (secondary N) is 6. The van der Waals surface area contributed by atoms with Gasteiger partial charge < -0.3 is 62.5 Å². The number of primary amides is 1. The molecule has 7 aromatic carbocycles. The molecule has 440 valence electrons. The number of hydrogen-bond acceptors (Lipinski definition) is 8. The molecule has 4 heterocycles. The molecule has 0 spiro atoms. The zero-order valence-corrected chi connectivity index (χ0v) is 54.0. The molecule has 0 aliphatic rings. The highest BCUT2D eigenvalue weighted by Gasteiger charge is 2.23. The summed E-state index contributed by atoms with van der Waals surface area (Å²) >= 11 is 17.2. The Morgan fingerprint density at radius 2 is 0.953 bits per heavy atom. The minimum atomic E-state index is -0.462. The molecule has 0 saturated heterocycles. The third kappa shape index (κ3) is 17.0. The summed E-state index contributed by atoms with van der Waals surface area (Å²) in [5.74, 6) is -1.14. The molecule has 11 aromatic rings. The van der Waals surface area contributed by atoms with Crippen LogP contribution in [0, 0.1) is 7.14 Å². The van der Waals surface area contributed by atoms with Crippen LogP contribution in [0.15, 0.2) is 185 Å². The molecule has 11 rings (SSSR count). The Labute approximate surface area is 540 Å². The Balaban J connectivity index is 0.000000150. The van der Waals surface area contributed by atoms with E-state index in [1.54, 1.807) is 24.3 Å². The summed E-state index contributed by atoms with van der Waals surface area (Å²) in [7, 11) is 0. The van der Waals surface area contributed by atoms with Crippen LogP contribution >= 0.6 is 88.6 Å². The normalized spacial score (nSPS) is 12.5. The topological polar surface area (TPSA) is 271 Å². The number of para-hydroxylation sites is 4. The molecule has 0 aliphatic heterocycles. The van der Waals surface area contributed by atoms with E-state index in [4.69, 9.17) is 28.2 Å². The molecule has 4 aromatic heterocycles. The van der Waals surface area contributed by atoms with Crippen LogP contribution in [0.1, 0.15) is 64.8 Å². The van der Waals surface area contributed by atoms with Crippen molar-refractivity contribution in [3.8, 4) is 0 Å². The molecule has 0 bridgehead atoms. The highest BCUT2D eigenvalue weighted by atomic mass is 127. The summed E-state index contributed by atoms with van der Waals surface area (Å²) < 4.78 is 3.44. The average Bonchev–Trinajstić information content (AvgIpc) is 4.52. The average molecular weight is 1520 g/mol. The van der Waals surface area contributed by atoms with Crippen molar-refractivity contribution in [3.05, 3.63) is 242 Å². The number of carbonyl (C=O) groups excluding carboxylic acids is 3. The van der Waals surface area contributed by atoms with Gasteiger partial charge in [0.1, 0.15) is 0 Å². The SMILES string of the molecule is NC(=O)c1cccc(I)c1[C@H](CO)Cc1c[nH]c2ccccc12.N[C@@H](CO)Cc1c[nH]c2ccccc12.O=C(N[C@@H](CO)Cc1c[nH]c2ccccc12)c1cc(Br)ccc1Cl.O=C(N[C@@H](CO)Cc1c[nH]c2ccccc12)c1cc(I)ccc1Br. The number of amides is 3. The first-order valence-corrected chi connectivity index (χ1v) is 31.2. The number of aliphatic hydroxyl groups is 4. The number of aromatic amines is 4. The number of hydrogen-bond donors (Lipinski definition) is 12. The fraction of sp³-hybridized carbons (Fsp3) is 0.185. The van der Waals surface area contributed by atoms with E-state index in [1.807, 2.05) is 140 Å². The van der Waals surface area contributed by atoms with Gasteiger partial charge in [-0.15, -0.1) is 0 Å². The van der Waals surface area contributed by atoms with Gasteiger partial charge >= 0.3 is 0 Å². The molecule has 15 nitrogen and oxygen atoms in total. The second-order valence-electron chi connectivity index (χ2n) is 20.1. The maximum atomic E-state index is 12.5. The van der Waals surface area contributed by atoms with Gasteiger partial charge in [-0.1, -0.05) is 106 Å². The van der Waals surface area contributed by atoms with E-state index in [1.165, 1.54) is 10.9 Å². The van der Waals surface area contributed by atoms with E-state index >= 15 is 0 Å². The lowest BCUT2D eigenvalue weighted by Gasteiger charge is -2.19. The second-order valence-corrected chi connectivity index (χ2v) is 24.7. The first-order chi connectivity index (χ1) is 41.1. The molecule has 0 unspecified atom stereocenters. The standard InChI is InChI=1S/C18H16BrClN2O2.C18H16BrIN2O2.C18H17IN2O2.C11H14N2O/c19-12-5-6-16(20)15(8-12)18(24)22-13(10-23)7-11-9-21-17-4-2-1-3-14(11)17;19-16-6-5-12(20)8-15(16)18(24)22-13(10-23)7-11-9-21-17-4-2-1-3-14(11)17;19-15-6-3-5-14(18(20)23)17(15)12(10-22)8-11-9-21-16-7-2-1-4-13(11)16;12-9(7-14)5-8-6-13-11-4-2-1-3-10(8)11/h2*1-6,8-9,13,21,23H,7,10H2,(H,22,24);1-7,9,12,21-22H,8,10H2,(H2,20,23);1-4,6,9,13-14H,5,7,12H2/t2*13-;12-;9-/m1101/s1. The van der Waals surface area contributed by atoms with E-state index in [-0.39, 0.29) is 56.2 Å². The zero-order valence-electron chi connectivity index (χ0n) is 45.8. The lowest BCUT2D eigenvalue weighted by molar-refractivity contribution is 0.0908. The predicted molar refractivity (Wildman–Crippen MR) is 363 cm³/mol. The summed E-state index contributed by atoms with van der Waals surface area (Å²) in [5.41, 5.74) is 22.1. The summed E-state index contributed by atoms with van der Waals surface area (Å²) in [6.45, 7) is -0.289. The van der Waals surface area contributed by atoms with Gasteiger partial charge in [-0.25, -0.2) is 0 Å². The highest BCUT2D eigenvalue weighted by Crippen LogP contribution is 2.32. The predicted octanol–water partition coefficient (Wildman–Crippen LogP) is 12.0. The van der Waals surface area contributed by atoms with E-state index in [2.05, 4.69) is 120 Å². The Morgan fingerprint density at radius 1 is 0.506 bits per heavy atom. The van der Waals surface area contributed by atoms with Gasteiger partial charge in [-0.2, -0.15) is 0 Å². The first-order valence-electron chi connectivity index (χ1n) is 27.1. The molecule has 4 atom stereocenters. The van der Waals surface area contributed by atoms with Gasteiger partial charge in [0.05, 0.1) is 54.7 Å². The van der Waals surface area contributed by atoms with Crippen molar-refractivity contribution in [2.75, 3.05) is 26.4 Å². The van der Waals surface area contributed by atoms with Crippen LogP contribution in [0.5, 0.6) is 0 Å². The number of aliphatic hydroxyl groups excluding tert-OH is 4. The molecule has 14 N–H and O–H groups in total. The number of carbonyl (C=O) groups is 3. The lowest BCUT2D eigenvalue weighted by atomic mass is 9.89. The van der Waals surface area contributed by atoms with Crippen LogP contribution < -0.4 is 22.1 Å². The zero-order chi connectivity index (χ0) is 60.6. The molecule has 3 amide bonds. The summed E-state index contributed by atoms with van der Waals surface area (Å²) in [5, 5.41) is 48.8. The van der Waals surface area contributed by atoms with Crippen molar-refractivity contribution in [3.63, 3.8) is 0 Å². The number of benzene rings is 7. The smallest absolute Gasteiger partial charge is 0.253 e. The van der Waals surface area contributed by atoms with Gasteiger partial charge in [-0.3, -0.25) is 14.4 Å². The Kier molecular flexibility index (Phi) is 23.8. The number of H-pyrrole nitrogens is 4. The van der Waals surface area contributed by atoms with Crippen molar-refractivity contribution in [1.29, 1.82) is 0 Å². The van der Waals surface area contributed by atoms with E-state index in [9.17, 15) is 29.7 Å². The molecular formula is C65H63Br2ClI2N8O7. The maximum Gasteiger partial charge on any atom is 0.253 e. The Bertz CT molecular complexity index is 3910. The van der Waals surface area contributed by atoms with Crippen molar-refractivity contribution in [2.45, 2.75) is 49.7 Å². The van der Waals surface area contributed by atoms with Crippen LogP contribution in [0.25, 0.3) is 43.6 Å². The Morgan fingerprint density at radius 3 is 1.40 bits per heavy atom. The van der Waals surface area contributed by atoms with Gasteiger partial charge in [0, 0.05) is 102 Å². The van der Waals surface area contributed by atoms with Crippen molar-refractivity contribution in [1.82, 2.24) is 30.6 Å². The van der Waals surface area contributed by atoms with Crippen molar-refractivity contribution in [2.24, 2.45) is 11.5 Å². The van der Waals surface area contributed by atoms with Gasteiger partial charge in [0.2, 0.25) is 5.91 Å². The van der Waals surface area contributed by atoms with Crippen LogP contribution in [0.2, 0.25) is 5.02 Å². The van der Waals surface area contributed by atoms with E-state index in [0.717, 1.165) is 76.6 Å². The first kappa shape index (κ1) is 64.6. The van der Waals surface area contributed by atoms with E-state index < -0.39 is 11.9 Å². The van der Waals surface area contributed by atoms with Crippen LogP contribution in [0.3, 0.4) is 0 Å². The van der Waals surface area contributed by atoms with Crippen LogP contribution in [-0.2, 0) is 25.7 Å². The Hall–Kier alpha value is -6.38. The number of nitrogens with two attached hydrogens (primary N) is 2. The largest absolute Gasteiger partial charge is 0.396 e. The molecule has 0 saturated carbocycles. The highest BCUT2D eigenvalue weighted by molar-refractivity contribution is 14.1.